The van der Waals surface area contributed by atoms with E-state index >= 15 is 0 Å². The summed E-state index contributed by atoms with van der Waals surface area (Å²) in [7, 11) is 0. The van der Waals surface area contributed by atoms with Crippen molar-refractivity contribution in [3.8, 4) is 11.5 Å². The minimum atomic E-state index is -0.293. The maximum Gasteiger partial charge on any atom is 0.255 e. The van der Waals surface area contributed by atoms with Crippen molar-refractivity contribution in [1.29, 1.82) is 0 Å². The van der Waals surface area contributed by atoms with Gasteiger partial charge >= 0.3 is 0 Å². The van der Waals surface area contributed by atoms with Crippen LogP contribution in [0.15, 0.2) is 84.9 Å². The number of hydrogen-bond acceptors (Lipinski definition) is 3. The molecule has 0 fully saturated rings. The average Bonchev–Trinajstić information content (AvgIpc) is 2.86. The summed E-state index contributed by atoms with van der Waals surface area (Å²) in [6, 6.07) is 25.8. The maximum atomic E-state index is 14.0. The summed E-state index contributed by atoms with van der Waals surface area (Å²) < 4.78 is 26.1. The van der Waals surface area contributed by atoms with Crippen LogP contribution in [0.1, 0.15) is 42.3 Å². The molecule has 4 aromatic carbocycles. The molecular weight excluding hydrogens is 453 g/mol. The molecule has 1 aliphatic rings. The van der Waals surface area contributed by atoms with Crippen LogP contribution in [-0.2, 0) is 13.0 Å². The lowest BCUT2D eigenvalue weighted by Gasteiger charge is -2.37. The van der Waals surface area contributed by atoms with Crippen LogP contribution in [0.3, 0.4) is 0 Å². The predicted molar refractivity (Wildman–Crippen MR) is 140 cm³/mol. The zero-order chi connectivity index (χ0) is 25.3. The van der Waals surface area contributed by atoms with Gasteiger partial charge in [-0.25, -0.2) is 4.39 Å². The Kier molecular flexibility index (Phi) is 6.40. The topological polar surface area (TPSA) is 38.8 Å². The first-order valence-electron chi connectivity index (χ1n) is 12.2. The van der Waals surface area contributed by atoms with Crippen molar-refractivity contribution in [3.63, 3.8) is 0 Å². The third kappa shape index (κ3) is 5.20. The third-order valence-electron chi connectivity index (χ3n) is 6.38. The quantitative estimate of drug-likeness (QED) is 0.313. The SMILES string of the molecule is CC(C)(C)Oc1ccc(OCC2Cc3ccc(F)cc3CN2C(=O)c2cccc3ccccc23)cc1. The van der Waals surface area contributed by atoms with Crippen LogP contribution in [-0.4, -0.2) is 29.1 Å². The lowest BCUT2D eigenvalue weighted by molar-refractivity contribution is 0.0567. The van der Waals surface area contributed by atoms with Crippen LogP contribution in [0.5, 0.6) is 11.5 Å². The van der Waals surface area contributed by atoms with Gasteiger partial charge in [-0.2, -0.15) is 0 Å². The van der Waals surface area contributed by atoms with E-state index in [1.807, 2.05) is 98.5 Å². The van der Waals surface area contributed by atoms with E-state index < -0.39 is 0 Å². The Bertz CT molecular complexity index is 1390. The first-order chi connectivity index (χ1) is 17.3. The molecule has 4 aromatic rings. The van der Waals surface area contributed by atoms with Gasteiger partial charge in [0.2, 0.25) is 0 Å². The number of halogens is 1. The molecule has 5 heteroatoms. The van der Waals surface area contributed by atoms with Crippen molar-refractivity contribution in [2.75, 3.05) is 6.61 Å². The van der Waals surface area contributed by atoms with E-state index in [0.29, 0.717) is 30.9 Å². The number of carbonyl (C=O) groups is 1. The van der Waals surface area contributed by atoms with Gasteiger partial charge in [-0.1, -0.05) is 42.5 Å². The summed E-state index contributed by atoms with van der Waals surface area (Å²) in [6.45, 7) is 6.68. The van der Waals surface area contributed by atoms with E-state index in [4.69, 9.17) is 9.47 Å². The molecule has 0 saturated carbocycles. The standard InChI is InChI=1S/C31H30FNO3/c1-31(2,3)36-27-15-13-26(14-16-27)35-20-25-18-22-11-12-24(32)17-23(22)19-33(25)30(34)29-10-6-8-21-7-4-5-9-28(21)29/h4-17,25H,18-20H2,1-3H3. The molecule has 1 atom stereocenters. The van der Waals surface area contributed by atoms with Crippen LogP contribution in [0.25, 0.3) is 10.8 Å². The Morgan fingerprint density at radius 1 is 0.917 bits per heavy atom. The van der Waals surface area contributed by atoms with Crippen molar-refractivity contribution < 1.29 is 18.7 Å². The highest BCUT2D eigenvalue weighted by atomic mass is 19.1. The van der Waals surface area contributed by atoms with E-state index in [0.717, 1.165) is 27.6 Å². The highest BCUT2D eigenvalue weighted by molar-refractivity contribution is 6.07. The van der Waals surface area contributed by atoms with Gasteiger partial charge in [-0.15, -0.1) is 0 Å². The van der Waals surface area contributed by atoms with E-state index in [1.54, 1.807) is 0 Å². The first-order valence-corrected chi connectivity index (χ1v) is 12.2. The monoisotopic (exact) mass is 483 g/mol. The Morgan fingerprint density at radius 2 is 1.64 bits per heavy atom. The van der Waals surface area contributed by atoms with Gasteiger partial charge in [0.25, 0.3) is 5.91 Å². The Hall–Kier alpha value is -3.86. The molecule has 1 aliphatic heterocycles. The van der Waals surface area contributed by atoms with Crippen LogP contribution < -0.4 is 9.47 Å². The number of ether oxygens (including phenoxy) is 2. The zero-order valence-corrected chi connectivity index (χ0v) is 20.8. The number of rotatable bonds is 5. The van der Waals surface area contributed by atoms with Gasteiger partial charge in [0.1, 0.15) is 29.5 Å². The van der Waals surface area contributed by atoms with E-state index in [9.17, 15) is 9.18 Å². The fourth-order valence-corrected chi connectivity index (χ4v) is 4.72. The molecular formula is C31H30FNO3. The van der Waals surface area contributed by atoms with E-state index in [1.165, 1.54) is 12.1 Å². The van der Waals surface area contributed by atoms with Gasteiger partial charge in [0.05, 0.1) is 6.04 Å². The molecule has 0 spiro atoms. The van der Waals surface area contributed by atoms with Gasteiger partial charge < -0.3 is 14.4 Å². The third-order valence-corrected chi connectivity index (χ3v) is 6.38. The molecule has 0 aliphatic carbocycles. The van der Waals surface area contributed by atoms with Crippen molar-refractivity contribution in [2.24, 2.45) is 0 Å². The summed E-state index contributed by atoms with van der Waals surface area (Å²) in [5.74, 6) is 1.11. The lowest BCUT2D eigenvalue weighted by Crippen LogP contribution is -2.47. The van der Waals surface area contributed by atoms with Crippen molar-refractivity contribution in [3.05, 3.63) is 107 Å². The van der Waals surface area contributed by atoms with Crippen molar-refractivity contribution in [2.45, 2.75) is 45.4 Å². The molecule has 0 saturated heterocycles. The number of amides is 1. The van der Waals surface area contributed by atoms with Crippen molar-refractivity contribution >= 4 is 16.7 Å². The summed E-state index contributed by atoms with van der Waals surface area (Å²) in [6.07, 6.45) is 0.595. The molecule has 184 valence electrons. The minimum Gasteiger partial charge on any atom is -0.491 e. The Morgan fingerprint density at radius 3 is 2.42 bits per heavy atom. The second kappa shape index (κ2) is 9.65. The number of benzene rings is 4. The predicted octanol–water partition coefficient (Wildman–Crippen LogP) is 6.80. The van der Waals surface area contributed by atoms with Crippen molar-refractivity contribution in [1.82, 2.24) is 4.90 Å². The molecule has 0 N–H and O–H groups in total. The number of carbonyl (C=O) groups excluding carboxylic acids is 1. The Balaban J connectivity index is 1.41. The minimum absolute atomic E-state index is 0.0794. The molecule has 0 bridgehead atoms. The number of hydrogen-bond donors (Lipinski definition) is 0. The van der Waals surface area contributed by atoms with Gasteiger partial charge in [-0.3, -0.25) is 4.79 Å². The van der Waals surface area contributed by atoms with Crippen LogP contribution >= 0.6 is 0 Å². The smallest absolute Gasteiger partial charge is 0.255 e. The van der Waals surface area contributed by atoms with Crippen LogP contribution in [0, 0.1) is 5.82 Å². The fraction of sp³-hybridized carbons (Fsp3) is 0.258. The molecule has 1 unspecified atom stereocenters. The molecule has 1 heterocycles. The molecule has 36 heavy (non-hydrogen) atoms. The first kappa shape index (κ1) is 23.9. The molecule has 4 nitrogen and oxygen atoms in total. The second-order valence-corrected chi connectivity index (χ2v) is 10.2. The highest BCUT2D eigenvalue weighted by Crippen LogP contribution is 2.29. The largest absolute Gasteiger partial charge is 0.491 e. The lowest BCUT2D eigenvalue weighted by atomic mass is 9.93. The van der Waals surface area contributed by atoms with Gasteiger partial charge in [-0.05, 0) is 91.6 Å². The van der Waals surface area contributed by atoms with Gasteiger partial charge in [0.15, 0.2) is 0 Å². The van der Waals surface area contributed by atoms with E-state index in [2.05, 4.69) is 0 Å². The van der Waals surface area contributed by atoms with Crippen LogP contribution in [0.4, 0.5) is 4.39 Å². The second-order valence-electron chi connectivity index (χ2n) is 10.2. The number of nitrogens with zero attached hydrogens (tertiary/aromatic N) is 1. The van der Waals surface area contributed by atoms with Crippen LogP contribution in [0.2, 0.25) is 0 Å². The average molecular weight is 484 g/mol. The molecule has 1 amide bonds. The highest BCUT2D eigenvalue weighted by Gasteiger charge is 2.32. The Labute approximate surface area is 211 Å². The molecule has 0 radical (unpaired) electrons. The molecule has 5 rings (SSSR count). The summed E-state index contributed by atoms with van der Waals surface area (Å²) >= 11 is 0. The fourth-order valence-electron chi connectivity index (χ4n) is 4.72. The summed E-state index contributed by atoms with van der Waals surface area (Å²) in [4.78, 5) is 15.7. The number of fused-ring (bicyclic) bond motifs is 2. The summed E-state index contributed by atoms with van der Waals surface area (Å²) in [5, 5.41) is 1.92. The van der Waals surface area contributed by atoms with Gasteiger partial charge in [0, 0.05) is 12.1 Å². The van der Waals surface area contributed by atoms with E-state index in [-0.39, 0.29) is 23.4 Å². The zero-order valence-electron chi connectivity index (χ0n) is 20.8. The normalized spacial score (nSPS) is 15.4. The summed E-state index contributed by atoms with van der Waals surface area (Å²) in [5.41, 5.74) is 2.24. The molecule has 0 aromatic heterocycles. The maximum absolute atomic E-state index is 14.0.